The average Bonchev–Trinajstić information content (AvgIpc) is 2.39. The van der Waals surface area contributed by atoms with Crippen molar-refractivity contribution < 1.29 is 5.11 Å². The van der Waals surface area contributed by atoms with Crippen LogP contribution < -0.4 is 10.6 Å². The topological polar surface area (TPSA) is 49.5 Å². The van der Waals surface area contributed by atoms with Crippen LogP contribution in [-0.4, -0.2) is 24.3 Å². The van der Waals surface area contributed by atoms with Gasteiger partial charge in [0.25, 0.3) is 0 Å². The summed E-state index contributed by atoms with van der Waals surface area (Å²) in [6, 6.07) is 8.76. The molecule has 0 fully saturated rings. The Hall–Kier alpha value is -1.06. The van der Waals surface area contributed by atoms with Crippen molar-refractivity contribution in [2.45, 2.75) is 39.3 Å². The molecule has 0 aliphatic carbocycles. The van der Waals surface area contributed by atoms with Crippen LogP contribution in [0.4, 0.5) is 5.69 Å². The lowest BCUT2D eigenvalue weighted by Crippen LogP contribution is -2.36. The third-order valence-corrected chi connectivity index (χ3v) is 3.20. The predicted octanol–water partition coefficient (Wildman–Crippen LogP) is 2.13. The standard InChI is InChI=1S/C14H24N2O/c1-3-13(4-2)16(8-9-17)14-7-5-6-12(10-14)11-15/h5-7,10,13,17H,3-4,8-9,11,15H2,1-2H3. The van der Waals surface area contributed by atoms with Crippen molar-refractivity contribution in [3.05, 3.63) is 29.8 Å². The van der Waals surface area contributed by atoms with Gasteiger partial charge >= 0.3 is 0 Å². The van der Waals surface area contributed by atoms with E-state index < -0.39 is 0 Å². The van der Waals surface area contributed by atoms with E-state index in [4.69, 9.17) is 5.73 Å². The molecule has 1 aromatic carbocycles. The molecular formula is C14H24N2O. The van der Waals surface area contributed by atoms with Gasteiger partial charge in [0.2, 0.25) is 0 Å². The highest BCUT2D eigenvalue weighted by atomic mass is 16.3. The quantitative estimate of drug-likeness (QED) is 0.762. The van der Waals surface area contributed by atoms with E-state index in [-0.39, 0.29) is 6.61 Å². The second kappa shape index (κ2) is 7.30. The molecule has 17 heavy (non-hydrogen) atoms. The van der Waals surface area contributed by atoms with Gasteiger partial charge < -0.3 is 15.7 Å². The lowest BCUT2D eigenvalue weighted by molar-refractivity contribution is 0.296. The van der Waals surface area contributed by atoms with Crippen molar-refractivity contribution in [1.29, 1.82) is 0 Å². The van der Waals surface area contributed by atoms with E-state index >= 15 is 0 Å². The number of anilines is 1. The Morgan fingerprint density at radius 3 is 2.53 bits per heavy atom. The summed E-state index contributed by atoms with van der Waals surface area (Å²) in [6.45, 7) is 5.80. The largest absolute Gasteiger partial charge is 0.395 e. The summed E-state index contributed by atoms with van der Waals surface area (Å²) < 4.78 is 0. The lowest BCUT2D eigenvalue weighted by Gasteiger charge is -2.32. The molecule has 96 valence electrons. The van der Waals surface area contributed by atoms with Gasteiger partial charge in [-0.1, -0.05) is 26.0 Å². The van der Waals surface area contributed by atoms with E-state index in [2.05, 4.69) is 30.9 Å². The third kappa shape index (κ3) is 3.72. The first-order valence-electron chi connectivity index (χ1n) is 6.43. The van der Waals surface area contributed by atoms with E-state index in [1.165, 1.54) is 0 Å². The van der Waals surface area contributed by atoms with Crippen LogP contribution in [0.15, 0.2) is 24.3 Å². The van der Waals surface area contributed by atoms with Crippen molar-refractivity contribution in [2.24, 2.45) is 5.73 Å². The molecule has 0 saturated carbocycles. The second-order valence-corrected chi connectivity index (χ2v) is 4.26. The van der Waals surface area contributed by atoms with E-state index in [0.29, 0.717) is 19.1 Å². The molecule has 1 aromatic rings. The zero-order valence-corrected chi connectivity index (χ0v) is 10.9. The second-order valence-electron chi connectivity index (χ2n) is 4.26. The number of nitrogens with zero attached hydrogens (tertiary/aromatic N) is 1. The average molecular weight is 236 g/mol. The Bertz CT molecular complexity index is 324. The highest BCUT2D eigenvalue weighted by Crippen LogP contribution is 2.21. The first-order valence-corrected chi connectivity index (χ1v) is 6.43. The first-order chi connectivity index (χ1) is 8.26. The molecule has 0 heterocycles. The first kappa shape index (κ1) is 14.0. The van der Waals surface area contributed by atoms with Crippen molar-refractivity contribution in [1.82, 2.24) is 0 Å². The van der Waals surface area contributed by atoms with Crippen molar-refractivity contribution in [3.8, 4) is 0 Å². The fourth-order valence-corrected chi connectivity index (χ4v) is 2.22. The molecule has 0 bridgehead atoms. The van der Waals surface area contributed by atoms with E-state index in [0.717, 1.165) is 24.1 Å². The minimum atomic E-state index is 0.184. The van der Waals surface area contributed by atoms with Crippen molar-refractivity contribution in [3.63, 3.8) is 0 Å². The summed E-state index contributed by atoms with van der Waals surface area (Å²) in [5, 5.41) is 9.20. The summed E-state index contributed by atoms with van der Waals surface area (Å²) in [6.07, 6.45) is 2.17. The number of hydrogen-bond acceptors (Lipinski definition) is 3. The van der Waals surface area contributed by atoms with E-state index in [1.54, 1.807) is 0 Å². The minimum absolute atomic E-state index is 0.184. The Kier molecular flexibility index (Phi) is 6.01. The van der Waals surface area contributed by atoms with Crippen LogP contribution in [0.1, 0.15) is 32.3 Å². The van der Waals surface area contributed by atoms with Gasteiger partial charge in [-0.05, 0) is 30.5 Å². The maximum atomic E-state index is 9.20. The number of aliphatic hydroxyl groups excluding tert-OH is 1. The molecule has 0 radical (unpaired) electrons. The molecule has 0 spiro atoms. The van der Waals surface area contributed by atoms with Crippen LogP contribution in [0.5, 0.6) is 0 Å². The SMILES string of the molecule is CCC(CC)N(CCO)c1cccc(CN)c1. The number of aliphatic hydroxyl groups is 1. The molecule has 0 saturated heterocycles. The van der Waals surface area contributed by atoms with Gasteiger partial charge in [-0.3, -0.25) is 0 Å². The van der Waals surface area contributed by atoms with Crippen LogP contribution in [0, 0.1) is 0 Å². The zero-order chi connectivity index (χ0) is 12.7. The molecule has 1 rings (SSSR count). The van der Waals surface area contributed by atoms with Crippen LogP contribution >= 0.6 is 0 Å². The number of nitrogens with two attached hydrogens (primary N) is 1. The van der Waals surface area contributed by atoms with Crippen molar-refractivity contribution >= 4 is 5.69 Å². The van der Waals surface area contributed by atoms with Gasteiger partial charge in [0.1, 0.15) is 0 Å². The number of benzene rings is 1. The Balaban J connectivity index is 2.94. The molecule has 3 nitrogen and oxygen atoms in total. The lowest BCUT2D eigenvalue weighted by atomic mass is 10.1. The molecular weight excluding hydrogens is 212 g/mol. The summed E-state index contributed by atoms with van der Waals surface area (Å²) >= 11 is 0. The molecule has 0 atom stereocenters. The zero-order valence-electron chi connectivity index (χ0n) is 10.9. The molecule has 0 unspecified atom stereocenters. The Morgan fingerprint density at radius 2 is 2.00 bits per heavy atom. The molecule has 0 amide bonds. The minimum Gasteiger partial charge on any atom is -0.395 e. The van der Waals surface area contributed by atoms with Crippen LogP contribution in [-0.2, 0) is 6.54 Å². The monoisotopic (exact) mass is 236 g/mol. The molecule has 3 N–H and O–H groups in total. The Labute approximate surface area is 104 Å². The van der Waals surface area contributed by atoms with Crippen LogP contribution in [0.2, 0.25) is 0 Å². The van der Waals surface area contributed by atoms with Crippen LogP contribution in [0.25, 0.3) is 0 Å². The van der Waals surface area contributed by atoms with Gasteiger partial charge in [0.15, 0.2) is 0 Å². The highest BCUT2D eigenvalue weighted by molar-refractivity contribution is 5.49. The summed E-state index contributed by atoms with van der Waals surface area (Å²) in [4.78, 5) is 2.28. The van der Waals surface area contributed by atoms with Gasteiger partial charge in [-0.15, -0.1) is 0 Å². The van der Waals surface area contributed by atoms with Gasteiger partial charge in [0.05, 0.1) is 6.61 Å². The number of rotatable bonds is 7. The smallest absolute Gasteiger partial charge is 0.0606 e. The Morgan fingerprint density at radius 1 is 1.29 bits per heavy atom. The molecule has 0 aliphatic heterocycles. The molecule has 3 heteroatoms. The van der Waals surface area contributed by atoms with E-state index in [1.807, 2.05) is 12.1 Å². The summed E-state index contributed by atoms with van der Waals surface area (Å²) in [5.41, 5.74) is 7.96. The molecule has 0 aliphatic rings. The maximum absolute atomic E-state index is 9.20. The van der Waals surface area contributed by atoms with Crippen LogP contribution in [0.3, 0.4) is 0 Å². The predicted molar refractivity (Wildman–Crippen MR) is 73.1 cm³/mol. The highest BCUT2D eigenvalue weighted by Gasteiger charge is 2.15. The van der Waals surface area contributed by atoms with Gasteiger partial charge in [-0.25, -0.2) is 0 Å². The third-order valence-electron chi connectivity index (χ3n) is 3.20. The fraction of sp³-hybridized carbons (Fsp3) is 0.571. The normalized spacial score (nSPS) is 10.9. The fourth-order valence-electron chi connectivity index (χ4n) is 2.22. The van der Waals surface area contributed by atoms with Gasteiger partial charge in [-0.2, -0.15) is 0 Å². The summed E-state index contributed by atoms with van der Waals surface area (Å²) in [5.74, 6) is 0. The van der Waals surface area contributed by atoms with E-state index in [9.17, 15) is 5.11 Å². The summed E-state index contributed by atoms with van der Waals surface area (Å²) in [7, 11) is 0. The van der Waals surface area contributed by atoms with Gasteiger partial charge in [0, 0.05) is 24.8 Å². The molecule has 0 aromatic heterocycles. The maximum Gasteiger partial charge on any atom is 0.0606 e. The van der Waals surface area contributed by atoms with Crippen molar-refractivity contribution in [2.75, 3.05) is 18.1 Å². The number of hydrogen-bond donors (Lipinski definition) is 2.